The molecule has 1 saturated heterocycles. The molecule has 0 radical (unpaired) electrons. The summed E-state index contributed by atoms with van der Waals surface area (Å²) in [5.74, 6) is -0.553. The minimum Gasteiger partial charge on any atom is -0.338 e. The zero-order valence-corrected chi connectivity index (χ0v) is 17.6. The molecule has 1 aromatic heterocycles. The maximum atomic E-state index is 12.8. The van der Waals surface area contributed by atoms with E-state index in [2.05, 4.69) is 10.4 Å². The van der Waals surface area contributed by atoms with Crippen molar-refractivity contribution in [3.63, 3.8) is 0 Å². The van der Waals surface area contributed by atoms with E-state index in [1.807, 2.05) is 30.3 Å². The quantitative estimate of drug-likeness (QED) is 0.638. The number of benzene rings is 2. The van der Waals surface area contributed by atoms with Crippen LogP contribution >= 0.6 is 23.2 Å². The number of anilines is 1. The first-order chi connectivity index (χ1) is 14.5. The summed E-state index contributed by atoms with van der Waals surface area (Å²) in [6.45, 7) is 0.965. The van der Waals surface area contributed by atoms with Crippen LogP contribution in [0.25, 0.3) is 5.69 Å². The van der Waals surface area contributed by atoms with E-state index in [0.29, 0.717) is 34.4 Å². The molecule has 1 aliphatic heterocycles. The second kappa shape index (κ2) is 8.90. The molecule has 1 unspecified atom stereocenters. The molecule has 1 aliphatic rings. The third-order valence-corrected chi connectivity index (χ3v) is 5.86. The molecule has 1 N–H and O–H groups in total. The van der Waals surface area contributed by atoms with E-state index in [9.17, 15) is 9.59 Å². The zero-order valence-electron chi connectivity index (χ0n) is 16.1. The second-order valence-corrected chi connectivity index (χ2v) is 8.03. The monoisotopic (exact) mass is 442 g/mol. The molecule has 1 atom stereocenters. The van der Waals surface area contributed by atoms with Gasteiger partial charge in [-0.25, -0.2) is 4.68 Å². The molecule has 0 saturated carbocycles. The summed E-state index contributed by atoms with van der Waals surface area (Å²) in [6, 6.07) is 14.5. The van der Waals surface area contributed by atoms with Crippen molar-refractivity contribution in [3.05, 3.63) is 76.5 Å². The highest BCUT2D eigenvalue weighted by atomic mass is 35.5. The fourth-order valence-corrected chi connectivity index (χ4v) is 3.84. The number of hydrogen-bond acceptors (Lipinski definition) is 3. The lowest BCUT2D eigenvalue weighted by molar-refractivity contribution is -0.121. The highest BCUT2D eigenvalue weighted by Gasteiger charge is 2.29. The summed E-state index contributed by atoms with van der Waals surface area (Å²) in [4.78, 5) is 27.3. The molecular formula is C22H20Cl2N4O2. The Hall–Kier alpha value is -2.83. The van der Waals surface area contributed by atoms with Gasteiger partial charge in [0.15, 0.2) is 0 Å². The highest BCUT2D eigenvalue weighted by molar-refractivity contribution is 6.42. The Balaban J connectivity index is 1.40. The summed E-state index contributed by atoms with van der Waals surface area (Å²) >= 11 is 12.0. The molecular weight excluding hydrogens is 423 g/mol. The van der Waals surface area contributed by atoms with Gasteiger partial charge in [-0.1, -0.05) is 41.4 Å². The Morgan fingerprint density at radius 1 is 1.07 bits per heavy atom. The van der Waals surface area contributed by atoms with Gasteiger partial charge in [-0.05, 0) is 43.2 Å². The number of nitrogens with zero attached hydrogens (tertiary/aromatic N) is 3. The van der Waals surface area contributed by atoms with Crippen molar-refractivity contribution in [2.75, 3.05) is 18.4 Å². The van der Waals surface area contributed by atoms with Crippen molar-refractivity contribution in [2.24, 2.45) is 5.92 Å². The van der Waals surface area contributed by atoms with Gasteiger partial charge in [0.1, 0.15) is 0 Å². The largest absolute Gasteiger partial charge is 0.338 e. The lowest BCUT2D eigenvalue weighted by atomic mass is 9.96. The third-order valence-electron chi connectivity index (χ3n) is 5.12. The van der Waals surface area contributed by atoms with E-state index in [1.165, 1.54) is 0 Å². The lowest BCUT2D eigenvalue weighted by Crippen LogP contribution is -2.43. The summed E-state index contributed by atoms with van der Waals surface area (Å²) in [6.07, 6.45) is 4.87. The maximum Gasteiger partial charge on any atom is 0.253 e. The average Bonchev–Trinajstić information content (AvgIpc) is 3.24. The van der Waals surface area contributed by atoms with Crippen molar-refractivity contribution in [1.82, 2.24) is 14.7 Å². The first-order valence-electron chi connectivity index (χ1n) is 9.66. The van der Waals surface area contributed by atoms with Crippen molar-refractivity contribution < 1.29 is 9.59 Å². The minimum absolute atomic E-state index is 0.116. The average molecular weight is 443 g/mol. The number of para-hydroxylation sites is 1. The number of aromatic nitrogens is 2. The normalized spacial score (nSPS) is 16.3. The highest BCUT2D eigenvalue weighted by Crippen LogP contribution is 2.25. The van der Waals surface area contributed by atoms with Crippen molar-refractivity contribution in [1.29, 1.82) is 0 Å². The zero-order chi connectivity index (χ0) is 21.1. The van der Waals surface area contributed by atoms with E-state index < -0.39 is 0 Å². The van der Waals surface area contributed by atoms with Gasteiger partial charge in [-0.15, -0.1) is 0 Å². The predicted molar refractivity (Wildman–Crippen MR) is 117 cm³/mol. The number of halogens is 2. The molecule has 0 bridgehead atoms. The predicted octanol–water partition coefficient (Wildman–Crippen LogP) is 4.67. The molecule has 2 heterocycles. The van der Waals surface area contributed by atoms with Crippen LogP contribution in [-0.4, -0.2) is 39.6 Å². The molecule has 4 rings (SSSR count). The van der Waals surface area contributed by atoms with Gasteiger partial charge in [0.2, 0.25) is 5.91 Å². The van der Waals surface area contributed by atoms with Gasteiger partial charge >= 0.3 is 0 Å². The molecule has 1 fully saturated rings. The molecule has 6 nitrogen and oxygen atoms in total. The standard InChI is InChI=1S/C22H20Cl2N4O2/c23-19-9-8-15(11-20(19)24)22(30)27-10-4-5-16(13-27)21(29)26-17-12-25-28(14-17)18-6-2-1-3-7-18/h1-3,6-9,11-12,14,16H,4-5,10,13H2,(H,26,29). The molecule has 154 valence electrons. The first kappa shape index (κ1) is 20.4. The summed E-state index contributed by atoms with van der Waals surface area (Å²) in [5.41, 5.74) is 2.00. The van der Waals surface area contributed by atoms with Gasteiger partial charge in [0, 0.05) is 18.7 Å². The van der Waals surface area contributed by atoms with Crippen LogP contribution in [0.4, 0.5) is 5.69 Å². The van der Waals surface area contributed by atoms with Crippen LogP contribution < -0.4 is 5.32 Å². The van der Waals surface area contributed by atoms with Crippen LogP contribution in [-0.2, 0) is 4.79 Å². The van der Waals surface area contributed by atoms with Gasteiger partial charge < -0.3 is 10.2 Å². The Morgan fingerprint density at radius 3 is 2.63 bits per heavy atom. The third kappa shape index (κ3) is 4.50. The van der Waals surface area contributed by atoms with Crippen molar-refractivity contribution >= 4 is 40.7 Å². The van der Waals surface area contributed by atoms with Gasteiger partial charge in [-0.2, -0.15) is 5.10 Å². The smallest absolute Gasteiger partial charge is 0.253 e. The number of carbonyl (C=O) groups excluding carboxylic acids is 2. The Kier molecular flexibility index (Phi) is 6.06. The molecule has 8 heteroatoms. The van der Waals surface area contributed by atoms with E-state index in [4.69, 9.17) is 23.2 Å². The van der Waals surface area contributed by atoms with E-state index >= 15 is 0 Å². The van der Waals surface area contributed by atoms with Crippen LogP contribution in [0.3, 0.4) is 0 Å². The van der Waals surface area contributed by atoms with Crippen LogP contribution in [0.5, 0.6) is 0 Å². The van der Waals surface area contributed by atoms with Gasteiger partial charge in [0.25, 0.3) is 5.91 Å². The molecule has 2 amide bonds. The van der Waals surface area contributed by atoms with Crippen LogP contribution in [0.2, 0.25) is 10.0 Å². The molecule has 3 aromatic rings. The molecule has 2 aromatic carbocycles. The van der Waals surface area contributed by atoms with Gasteiger partial charge in [0.05, 0.1) is 39.7 Å². The number of amides is 2. The van der Waals surface area contributed by atoms with E-state index in [0.717, 1.165) is 18.5 Å². The first-order valence-corrected chi connectivity index (χ1v) is 10.4. The lowest BCUT2D eigenvalue weighted by Gasteiger charge is -2.32. The number of hydrogen-bond donors (Lipinski definition) is 1. The minimum atomic E-state index is -0.287. The SMILES string of the molecule is O=C(Nc1cnn(-c2ccccc2)c1)C1CCCN(C(=O)c2ccc(Cl)c(Cl)c2)C1. The van der Waals surface area contributed by atoms with Crippen molar-refractivity contribution in [3.8, 4) is 5.69 Å². The summed E-state index contributed by atoms with van der Waals surface area (Å²) < 4.78 is 1.70. The topological polar surface area (TPSA) is 67.2 Å². The van der Waals surface area contributed by atoms with E-state index in [-0.39, 0.29) is 17.7 Å². The van der Waals surface area contributed by atoms with Crippen LogP contribution in [0.15, 0.2) is 60.9 Å². The Labute approximate surface area is 184 Å². The number of piperidine rings is 1. The van der Waals surface area contributed by atoms with E-state index in [1.54, 1.807) is 40.2 Å². The Morgan fingerprint density at radius 2 is 1.87 bits per heavy atom. The summed E-state index contributed by atoms with van der Waals surface area (Å²) in [7, 11) is 0. The molecule has 0 aliphatic carbocycles. The second-order valence-electron chi connectivity index (χ2n) is 7.22. The molecule has 30 heavy (non-hydrogen) atoms. The van der Waals surface area contributed by atoms with Crippen molar-refractivity contribution in [2.45, 2.75) is 12.8 Å². The summed E-state index contributed by atoms with van der Waals surface area (Å²) in [5, 5.41) is 7.96. The maximum absolute atomic E-state index is 12.8. The number of likely N-dealkylation sites (tertiary alicyclic amines) is 1. The van der Waals surface area contributed by atoms with Crippen LogP contribution in [0.1, 0.15) is 23.2 Å². The fourth-order valence-electron chi connectivity index (χ4n) is 3.54. The van der Waals surface area contributed by atoms with Crippen LogP contribution in [0, 0.1) is 5.92 Å². The number of rotatable bonds is 4. The number of carbonyl (C=O) groups is 2. The molecule has 0 spiro atoms. The fraction of sp³-hybridized carbons (Fsp3) is 0.227. The number of nitrogens with one attached hydrogen (secondary N) is 1. The van der Waals surface area contributed by atoms with Gasteiger partial charge in [-0.3, -0.25) is 9.59 Å². The Bertz CT molecular complexity index is 1070.